The first kappa shape index (κ1) is 12.4. The van der Waals surface area contributed by atoms with Gasteiger partial charge in [0.1, 0.15) is 5.75 Å². The number of anilines is 1. The molecule has 6 nitrogen and oxygen atoms in total. The van der Waals surface area contributed by atoms with Crippen molar-refractivity contribution in [3.63, 3.8) is 0 Å². The zero-order valence-electron chi connectivity index (χ0n) is 9.67. The third kappa shape index (κ3) is 2.14. The first-order valence-corrected chi connectivity index (χ1v) is 5.59. The number of amides is 1. The number of phenols is 1. The molecule has 1 heterocycles. The molecule has 4 N–H and O–H groups in total. The van der Waals surface area contributed by atoms with Crippen molar-refractivity contribution in [3.05, 3.63) is 23.8 Å². The molecule has 2 rings (SSSR count). The number of carbonyl (C=O) groups is 2. The highest BCUT2D eigenvalue weighted by Crippen LogP contribution is 2.32. The molecule has 0 saturated carbocycles. The second-order valence-electron chi connectivity index (χ2n) is 4.32. The van der Waals surface area contributed by atoms with Gasteiger partial charge in [-0.2, -0.15) is 0 Å². The molecule has 96 valence electrons. The molecular formula is C12H14N2O4. The molecule has 0 spiro atoms. The quantitative estimate of drug-likeness (QED) is 0.720. The van der Waals surface area contributed by atoms with E-state index in [9.17, 15) is 14.7 Å². The maximum absolute atomic E-state index is 11.8. The number of hydrogen-bond donors (Lipinski definition) is 3. The molecule has 1 amide bonds. The number of phenolic OH excluding ortho intramolecular Hbond substituents is 1. The van der Waals surface area contributed by atoms with Crippen LogP contribution in [-0.2, 0) is 4.79 Å². The Morgan fingerprint density at radius 3 is 2.78 bits per heavy atom. The van der Waals surface area contributed by atoms with E-state index in [-0.39, 0.29) is 28.8 Å². The molecular weight excluding hydrogens is 236 g/mol. The summed E-state index contributed by atoms with van der Waals surface area (Å²) in [6, 6.07) is 3.87. The van der Waals surface area contributed by atoms with Crippen molar-refractivity contribution >= 4 is 17.6 Å². The normalized spacial score (nSPS) is 19.3. The summed E-state index contributed by atoms with van der Waals surface area (Å²) in [5, 5.41) is 18.6. The maximum Gasteiger partial charge on any atom is 0.335 e. The highest BCUT2D eigenvalue weighted by Gasteiger charge is 2.31. The number of carbonyl (C=O) groups excluding carboxylic acids is 1. The molecule has 1 atom stereocenters. The Balaban J connectivity index is 2.35. The van der Waals surface area contributed by atoms with Gasteiger partial charge in [-0.25, -0.2) is 4.79 Å². The van der Waals surface area contributed by atoms with Crippen LogP contribution in [0.15, 0.2) is 18.2 Å². The molecule has 1 aliphatic rings. The monoisotopic (exact) mass is 250 g/mol. The van der Waals surface area contributed by atoms with E-state index in [2.05, 4.69) is 0 Å². The Kier molecular flexibility index (Phi) is 3.20. The first-order valence-electron chi connectivity index (χ1n) is 5.59. The van der Waals surface area contributed by atoms with Gasteiger partial charge in [0.2, 0.25) is 5.91 Å². The minimum atomic E-state index is -1.10. The van der Waals surface area contributed by atoms with Crippen LogP contribution in [0.3, 0.4) is 0 Å². The average Bonchev–Trinajstić information content (AvgIpc) is 2.71. The lowest BCUT2D eigenvalue weighted by Gasteiger charge is -2.18. The number of aromatic carboxylic acids is 1. The van der Waals surface area contributed by atoms with Crippen molar-refractivity contribution in [3.8, 4) is 5.75 Å². The van der Waals surface area contributed by atoms with Gasteiger partial charge >= 0.3 is 5.97 Å². The van der Waals surface area contributed by atoms with Crippen molar-refractivity contribution in [2.75, 3.05) is 18.0 Å². The Hall–Kier alpha value is -2.08. The van der Waals surface area contributed by atoms with E-state index in [4.69, 9.17) is 10.8 Å². The van der Waals surface area contributed by atoms with Crippen molar-refractivity contribution in [1.82, 2.24) is 0 Å². The van der Waals surface area contributed by atoms with Crippen LogP contribution in [0, 0.1) is 5.92 Å². The van der Waals surface area contributed by atoms with Crippen LogP contribution in [0.5, 0.6) is 5.75 Å². The number of aromatic hydroxyl groups is 1. The second kappa shape index (κ2) is 4.66. The largest absolute Gasteiger partial charge is 0.506 e. The lowest BCUT2D eigenvalue weighted by Crippen LogP contribution is -2.26. The summed E-state index contributed by atoms with van der Waals surface area (Å²) < 4.78 is 0. The minimum absolute atomic E-state index is 0.0341. The van der Waals surface area contributed by atoms with Crippen molar-refractivity contribution in [2.45, 2.75) is 6.42 Å². The average molecular weight is 250 g/mol. The number of hydrogen-bond acceptors (Lipinski definition) is 4. The maximum atomic E-state index is 11.8. The lowest BCUT2D eigenvalue weighted by atomic mass is 10.1. The Morgan fingerprint density at radius 2 is 2.22 bits per heavy atom. The molecule has 1 aromatic carbocycles. The molecule has 0 bridgehead atoms. The number of rotatable bonds is 3. The predicted molar refractivity (Wildman–Crippen MR) is 64.6 cm³/mol. The highest BCUT2D eigenvalue weighted by molar-refractivity contribution is 5.99. The van der Waals surface area contributed by atoms with Crippen molar-refractivity contribution in [2.24, 2.45) is 11.7 Å². The van der Waals surface area contributed by atoms with E-state index < -0.39 is 5.97 Å². The summed E-state index contributed by atoms with van der Waals surface area (Å²) in [4.78, 5) is 24.1. The van der Waals surface area contributed by atoms with Gasteiger partial charge in [0.15, 0.2) is 0 Å². The molecule has 0 aromatic heterocycles. The van der Waals surface area contributed by atoms with Gasteiger partial charge in [-0.05, 0) is 30.7 Å². The fourth-order valence-electron chi connectivity index (χ4n) is 2.04. The third-order valence-corrected chi connectivity index (χ3v) is 3.05. The smallest absolute Gasteiger partial charge is 0.335 e. The summed E-state index contributed by atoms with van der Waals surface area (Å²) in [5.41, 5.74) is 5.78. The van der Waals surface area contributed by atoms with Crippen molar-refractivity contribution < 1.29 is 19.8 Å². The lowest BCUT2D eigenvalue weighted by molar-refractivity contribution is -0.117. The summed E-state index contributed by atoms with van der Waals surface area (Å²) in [7, 11) is 0. The number of nitrogens with two attached hydrogens (primary N) is 1. The van der Waals surface area contributed by atoms with E-state index in [1.54, 1.807) is 0 Å². The van der Waals surface area contributed by atoms with Crippen LogP contribution in [0.4, 0.5) is 5.69 Å². The third-order valence-electron chi connectivity index (χ3n) is 3.05. The number of carboxylic acid groups (broad SMARTS) is 1. The fraction of sp³-hybridized carbons (Fsp3) is 0.333. The molecule has 1 unspecified atom stereocenters. The van der Waals surface area contributed by atoms with E-state index in [1.807, 2.05) is 0 Å². The summed E-state index contributed by atoms with van der Waals surface area (Å²) in [6.45, 7) is 0.799. The highest BCUT2D eigenvalue weighted by atomic mass is 16.4. The van der Waals surface area contributed by atoms with Crippen LogP contribution >= 0.6 is 0 Å². The van der Waals surface area contributed by atoms with Gasteiger partial charge in [-0.3, -0.25) is 4.79 Å². The van der Waals surface area contributed by atoms with Gasteiger partial charge in [-0.1, -0.05) is 0 Å². The van der Waals surface area contributed by atoms with Gasteiger partial charge in [0.05, 0.1) is 11.3 Å². The molecule has 1 fully saturated rings. The van der Waals surface area contributed by atoms with Crippen LogP contribution in [0.2, 0.25) is 0 Å². The summed E-state index contributed by atoms with van der Waals surface area (Å²) in [6.07, 6.45) is 0.327. The molecule has 6 heteroatoms. The van der Waals surface area contributed by atoms with Crippen LogP contribution in [0.1, 0.15) is 16.8 Å². The minimum Gasteiger partial charge on any atom is -0.506 e. The number of carboxylic acids is 1. The molecule has 18 heavy (non-hydrogen) atoms. The van der Waals surface area contributed by atoms with E-state index >= 15 is 0 Å². The van der Waals surface area contributed by atoms with E-state index in [1.165, 1.54) is 23.1 Å². The zero-order chi connectivity index (χ0) is 13.3. The molecule has 0 radical (unpaired) electrons. The Labute approximate surface area is 104 Å². The molecule has 1 saturated heterocycles. The predicted octanol–water partition coefficient (Wildman–Crippen LogP) is 0.402. The van der Waals surface area contributed by atoms with Gasteiger partial charge < -0.3 is 20.8 Å². The van der Waals surface area contributed by atoms with Crippen LogP contribution < -0.4 is 10.6 Å². The first-order chi connectivity index (χ1) is 8.52. The molecule has 1 aromatic rings. The second-order valence-corrected chi connectivity index (χ2v) is 4.32. The summed E-state index contributed by atoms with van der Waals surface area (Å²) in [5.74, 6) is -1.31. The molecule has 1 aliphatic heterocycles. The van der Waals surface area contributed by atoms with Gasteiger partial charge in [0.25, 0.3) is 0 Å². The Morgan fingerprint density at radius 1 is 1.50 bits per heavy atom. The standard InChI is InChI=1S/C12H14N2O4/c13-5-7-3-11(16)14(6-7)9-4-8(12(17)18)1-2-10(9)15/h1-2,4,7,15H,3,5-6,13H2,(H,17,18). The summed E-state index contributed by atoms with van der Waals surface area (Å²) >= 11 is 0. The van der Waals surface area contributed by atoms with Crippen molar-refractivity contribution in [1.29, 1.82) is 0 Å². The zero-order valence-corrected chi connectivity index (χ0v) is 9.67. The topological polar surface area (TPSA) is 104 Å². The number of nitrogens with zero attached hydrogens (tertiary/aromatic N) is 1. The van der Waals surface area contributed by atoms with Gasteiger partial charge in [0, 0.05) is 13.0 Å². The SMILES string of the molecule is NCC1CC(=O)N(c2cc(C(=O)O)ccc2O)C1. The van der Waals surface area contributed by atoms with Crippen LogP contribution in [0.25, 0.3) is 0 Å². The van der Waals surface area contributed by atoms with Gasteiger partial charge in [-0.15, -0.1) is 0 Å². The van der Waals surface area contributed by atoms with E-state index in [0.717, 1.165) is 0 Å². The Bertz CT molecular complexity index is 501. The van der Waals surface area contributed by atoms with Crippen LogP contribution in [-0.4, -0.2) is 35.2 Å². The molecule has 0 aliphatic carbocycles. The van der Waals surface area contributed by atoms with E-state index in [0.29, 0.717) is 19.5 Å². The number of benzene rings is 1. The fourth-order valence-corrected chi connectivity index (χ4v) is 2.04.